The van der Waals surface area contributed by atoms with Crippen molar-refractivity contribution in [3.8, 4) is 0 Å². The molecule has 1 N–H and O–H groups in total. The van der Waals surface area contributed by atoms with Crippen LogP contribution in [-0.2, 0) is 32.6 Å². The van der Waals surface area contributed by atoms with Gasteiger partial charge >= 0.3 is 5.97 Å². The summed E-state index contributed by atoms with van der Waals surface area (Å²) >= 11 is 0. The maximum absolute atomic E-state index is 14.3. The van der Waals surface area contributed by atoms with Crippen molar-refractivity contribution >= 4 is 17.6 Å². The Hall–Kier alpha value is -3.44. The van der Waals surface area contributed by atoms with Crippen LogP contribution < -0.4 is 5.32 Å². The zero-order valence-corrected chi connectivity index (χ0v) is 21.0. The number of anilines is 1. The van der Waals surface area contributed by atoms with Gasteiger partial charge in [0.25, 0.3) is 0 Å². The summed E-state index contributed by atoms with van der Waals surface area (Å²) in [6, 6.07) is 26.1. The van der Waals surface area contributed by atoms with Gasteiger partial charge in [-0.3, -0.25) is 14.5 Å². The molecule has 5 nitrogen and oxygen atoms in total. The van der Waals surface area contributed by atoms with Gasteiger partial charge in [0.1, 0.15) is 11.0 Å². The fourth-order valence-corrected chi connectivity index (χ4v) is 6.80. The normalized spacial score (nSPS) is 26.8. The summed E-state index contributed by atoms with van der Waals surface area (Å²) in [6.07, 6.45) is 1.55. The van der Waals surface area contributed by atoms with E-state index in [1.807, 2.05) is 69.3 Å². The van der Waals surface area contributed by atoms with Crippen LogP contribution >= 0.6 is 0 Å². The van der Waals surface area contributed by atoms with Crippen molar-refractivity contribution < 1.29 is 14.3 Å². The van der Waals surface area contributed by atoms with E-state index in [9.17, 15) is 9.59 Å². The van der Waals surface area contributed by atoms with Crippen LogP contribution in [-0.4, -0.2) is 35.0 Å². The smallest absolute Gasteiger partial charge is 0.312 e. The molecule has 3 aromatic carbocycles. The Morgan fingerprint density at radius 1 is 1.00 bits per heavy atom. The van der Waals surface area contributed by atoms with Gasteiger partial charge in [-0.2, -0.15) is 0 Å². The van der Waals surface area contributed by atoms with Crippen LogP contribution in [0.15, 0.2) is 78.9 Å². The quantitative estimate of drug-likeness (QED) is 0.533. The Bertz CT molecular complexity index is 1330. The molecule has 0 bridgehead atoms. The number of benzene rings is 3. The first-order valence-electron chi connectivity index (χ1n) is 12.8. The molecule has 0 aliphatic carbocycles. The topological polar surface area (TPSA) is 58.6 Å². The van der Waals surface area contributed by atoms with Crippen molar-refractivity contribution in [1.29, 1.82) is 0 Å². The van der Waals surface area contributed by atoms with E-state index in [2.05, 4.69) is 40.5 Å². The third kappa shape index (κ3) is 3.40. The number of nitrogens with one attached hydrogen (secondary N) is 1. The number of carbonyl (C=O) groups is 2. The predicted molar refractivity (Wildman–Crippen MR) is 140 cm³/mol. The lowest BCUT2D eigenvalue weighted by Gasteiger charge is -2.40. The van der Waals surface area contributed by atoms with Gasteiger partial charge in [0.2, 0.25) is 5.91 Å². The van der Waals surface area contributed by atoms with E-state index in [-0.39, 0.29) is 24.0 Å². The van der Waals surface area contributed by atoms with E-state index in [1.54, 1.807) is 0 Å². The molecule has 0 aromatic heterocycles. The summed E-state index contributed by atoms with van der Waals surface area (Å²) in [5.74, 6) is -1.07. The Balaban J connectivity index is 1.61. The molecule has 184 valence electrons. The van der Waals surface area contributed by atoms with Crippen molar-refractivity contribution in [2.45, 2.75) is 56.7 Å². The van der Waals surface area contributed by atoms with Crippen LogP contribution in [0, 0.1) is 5.92 Å². The van der Waals surface area contributed by atoms with E-state index in [4.69, 9.17) is 4.74 Å². The second-order valence-corrected chi connectivity index (χ2v) is 11.2. The Kier molecular flexibility index (Phi) is 5.31. The van der Waals surface area contributed by atoms with E-state index in [1.165, 1.54) is 5.56 Å². The molecule has 3 heterocycles. The molecule has 5 heteroatoms. The van der Waals surface area contributed by atoms with Crippen LogP contribution in [0.2, 0.25) is 0 Å². The van der Waals surface area contributed by atoms with Crippen LogP contribution in [0.4, 0.5) is 5.69 Å². The van der Waals surface area contributed by atoms with E-state index in [0.717, 1.165) is 35.3 Å². The number of hydrogen-bond donors (Lipinski definition) is 1. The Labute approximate surface area is 212 Å². The summed E-state index contributed by atoms with van der Waals surface area (Å²) in [5.41, 5.74) is 3.49. The number of rotatable bonds is 3. The van der Waals surface area contributed by atoms with Gasteiger partial charge < -0.3 is 10.1 Å². The molecule has 1 saturated heterocycles. The highest BCUT2D eigenvalue weighted by Gasteiger charge is 2.70. The second kappa shape index (κ2) is 8.31. The third-order valence-corrected chi connectivity index (χ3v) is 8.00. The molecule has 1 fully saturated rings. The highest BCUT2D eigenvalue weighted by Crippen LogP contribution is 2.61. The van der Waals surface area contributed by atoms with E-state index >= 15 is 0 Å². The van der Waals surface area contributed by atoms with Gasteiger partial charge in [-0.05, 0) is 61.9 Å². The first-order chi connectivity index (χ1) is 17.3. The van der Waals surface area contributed by atoms with Crippen LogP contribution in [0.1, 0.15) is 49.1 Å². The molecule has 1 spiro atoms. The minimum atomic E-state index is -1.07. The van der Waals surface area contributed by atoms with Gasteiger partial charge in [0.05, 0.1) is 12.0 Å². The molecule has 36 heavy (non-hydrogen) atoms. The summed E-state index contributed by atoms with van der Waals surface area (Å²) in [5, 5.41) is 3.15. The average Bonchev–Trinajstić information content (AvgIpc) is 3.31. The Morgan fingerprint density at radius 3 is 2.47 bits per heavy atom. The fourth-order valence-electron chi connectivity index (χ4n) is 6.80. The molecule has 3 aliphatic rings. The van der Waals surface area contributed by atoms with Crippen molar-refractivity contribution in [2.75, 3.05) is 11.9 Å². The Morgan fingerprint density at radius 2 is 1.69 bits per heavy atom. The van der Waals surface area contributed by atoms with Gasteiger partial charge in [-0.1, -0.05) is 72.8 Å². The summed E-state index contributed by atoms with van der Waals surface area (Å²) in [7, 11) is 0. The van der Waals surface area contributed by atoms with E-state index in [0.29, 0.717) is 6.42 Å². The second-order valence-electron chi connectivity index (χ2n) is 11.2. The summed E-state index contributed by atoms with van der Waals surface area (Å²) < 4.78 is 6.09. The first-order valence-corrected chi connectivity index (χ1v) is 12.8. The monoisotopic (exact) mass is 480 g/mol. The van der Waals surface area contributed by atoms with Gasteiger partial charge in [-0.25, -0.2) is 0 Å². The largest absolute Gasteiger partial charge is 0.460 e. The number of ether oxygens (including phenoxy) is 1. The number of amides is 1. The van der Waals surface area contributed by atoms with Gasteiger partial charge in [0.15, 0.2) is 0 Å². The molecule has 0 saturated carbocycles. The van der Waals surface area contributed by atoms with Crippen LogP contribution in [0.25, 0.3) is 0 Å². The molecular weight excluding hydrogens is 448 g/mol. The summed E-state index contributed by atoms with van der Waals surface area (Å²) in [6.45, 7) is 6.47. The minimum Gasteiger partial charge on any atom is -0.460 e. The molecule has 0 radical (unpaired) electrons. The molecule has 0 unspecified atom stereocenters. The molecular formula is C31H32N2O3. The predicted octanol–water partition coefficient (Wildman–Crippen LogP) is 5.06. The van der Waals surface area contributed by atoms with Gasteiger partial charge in [-0.15, -0.1) is 0 Å². The molecule has 4 atom stereocenters. The maximum Gasteiger partial charge on any atom is 0.312 e. The van der Waals surface area contributed by atoms with Crippen LogP contribution in [0.5, 0.6) is 0 Å². The van der Waals surface area contributed by atoms with E-state index < -0.39 is 16.9 Å². The lowest BCUT2D eigenvalue weighted by Crippen LogP contribution is -2.50. The van der Waals surface area contributed by atoms with Crippen LogP contribution in [0.3, 0.4) is 0 Å². The third-order valence-electron chi connectivity index (χ3n) is 8.00. The SMILES string of the molecule is CC(C)(C)OC(=O)[C@H]1[C@@H](Cc2ccccc2)N2CCc3ccccc3[C@@H]2[C@]12C(=O)Nc1ccccc12. The fraction of sp³-hybridized carbons (Fsp3) is 0.355. The van der Waals surface area contributed by atoms with Crippen molar-refractivity contribution in [3.05, 3.63) is 101 Å². The highest BCUT2D eigenvalue weighted by molar-refractivity contribution is 6.10. The zero-order valence-electron chi connectivity index (χ0n) is 21.0. The molecule has 6 rings (SSSR count). The number of nitrogens with zero attached hydrogens (tertiary/aromatic N) is 1. The highest BCUT2D eigenvalue weighted by atomic mass is 16.6. The summed E-state index contributed by atoms with van der Waals surface area (Å²) in [4.78, 5) is 30.9. The minimum absolute atomic E-state index is 0.109. The lowest BCUT2D eigenvalue weighted by molar-refractivity contribution is -0.164. The average molecular weight is 481 g/mol. The number of esters is 1. The standard InChI is InChI=1S/C31H32N2O3/c1-30(2,3)36-28(34)26-25(19-20-11-5-4-6-12-20)33-18-17-21-13-7-8-14-22(21)27(33)31(26)23-15-9-10-16-24(23)32-29(31)35/h4-16,25-27H,17-19H2,1-3H3,(H,32,35)/t25-,26-,27-,31-/m1/s1. The van der Waals surface area contributed by atoms with Gasteiger partial charge in [0, 0.05) is 18.3 Å². The lowest BCUT2D eigenvalue weighted by atomic mass is 9.64. The van der Waals surface area contributed by atoms with Crippen molar-refractivity contribution in [2.24, 2.45) is 5.92 Å². The number of para-hydroxylation sites is 1. The first kappa shape index (κ1) is 23.0. The molecule has 3 aliphatic heterocycles. The maximum atomic E-state index is 14.3. The van der Waals surface area contributed by atoms with Crippen molar-refractivity contribution in [1.82, 2.24) is 4.90 Å². The molecule has 1 amide bonds. The number of hydrogen-bond acceptors (Lipinski definition) is 4. The number of fused-ring (bicyclic) bond motifs is 6. The molecule has 3 aromatic rings. The van der Waals surface area contributed by atoms with Crippen molar-refractivity contribution in [3.63, 3.8) is 0 Å². The number of carbonyl (C=O) groups excluding carboxylic acids is 2. The zero-order chi connectivity index (χ0) is 25.1.